The number of alkyl halides is 3. The van der Waals surface area contributed by atoms with Crippen molar-refractivity contribution in [3.63, 3.8) is 0 Å². The number of anilines is 1. The summed E-state index contributed by atoms with van der Waals surface area (Å²) in [6.45, 7) is -0.296. The van der Waals surface area contributed by atoms with Gasteiger partial charge in [-0.15, -0.1) is 0 Å². The molecule has 0 heterocycles. The van der Waals surface area contributed by atoms with Gasteiger partial charge in [-0.05, 0) is 41.1 Å². The SMILES string of the molecule is O=C(COc1ccc2ccccc2c1)Nc1ccc(C(F)(F)F)cc1Cl. The Balaban J connectivity index is 1.63. The van der Waals surface area contributed by atoms with Crippen molar-refractivity contribution < 1.29 is 22.7 Å². The fourth-order valence-electron chi connectivity index (χ4n) is 2.39. The van der Waals surface area contributed by atoms with Gasteiger partial charge in [0.25, 0.3) is 5.91 Å². The summed E-state index contributed by atoms with van der Waals surface area (Å²) >= 11 is 5.81. The molecule has 0 unspecified atom stereocenters. The summed E-state index contributed by atoms with van der Waals surface area (Å²) in [7, 11) is 0. The number of amides is 1. The maximum Gasteiger partial charge on any atom is 0.416 e. The largest absolute Gasteiger partial charge is 0.484 e. The molecule has 0 saturated carbocycles. The molecule has 0 atom stereocenters. The van der Waals surface area contributed by atoms with E-state index >= 15 is 0 Å². The van der Waals surface area contributed by atoms with Crippen LogP contribution >= 0.6 is 11.6 Å². The van der Waals surface area contributed by atoms with Crippen LogP contribution in [-0.2, 0) is 11.0 Å². The number of carbonyl (C=O) groups excluding carboxylic acids is 1. The number of nitrogens with one attached hydrogen (secondary N) is 1. The molecule has 0 aliphatic rings. The summed E-state index contributed by atoms with van der Waals surface area (Å²) in [6.07, 6.45) is -4.49. The van der Waals surface area contributed by atoms with E-state index in [9.17, 15) is 18.0 Å². The second kappa shape index (κ2) is 7.25. The van der Waals surface area contributed by atoms with Gasteiger partial charge in [-0.2, -0.15) is 13.2 Å². The van der Waals surface area contributed by atoms with Crippen LogP contribution in [0.3, 0.4) is 0 Å². The van der Waals surface area contributed by atoms with E-state index in [0.717, 1.165) is 29.0 Å². The summed E-state index contributed by atoms with van der Waals surface area (Å²) in [4.78, 5) is 12.0. The van der Waals surface area contributed by atoms with Gasteiger partial charge in [0.2, 0.25) is 0 Å². The Kier molecular flexibility index (Phi) is 5.04. The third-order valence-electron chi connectivity index (χ3n) is 3.66. The van der Waals surface area contributed by atoms with Crippen LogP contribution in [0.25, 0.3) is 10.8 Å². The fourth-order valence-corrected chi connectivity index (χ4v) is 2.61. The third-order valence-corrected chi connectivity index (χ3v) is 3.97. The Morgan fingerprint density at radius 3 is 2.42 bits per heavy atom. The van der Waals surface area contributed by atoms with Crippen LogP contribution in [0.2, 0.25) is 5.02 Å². The summed E-state index contributed by atoms with van der Waals surface area (Å²) in [5.41, 5.74) is -0.792. The predicted octanol–water partition coefficient (Wildman–Crippen LogP) is 5.53. The number of carbonyl (C=O) groups is 1. The van der Waals surface area contributed by atoms with E-state index in [-0.39, 0.29) is 17.3 Å². The molecule has 0 fully saturated rings. The van der Waals surface area contributed by atoms with Gasteiger partial charge in [-0.1, -0.05) is 41.9 Å². The molecule has 3 aromatic carbocycles. The lowest BCUT2D eigenvalue weighted by Crippen LogP contribution is -2.20. The number of hydrogen-bond acceptors (Lipinski definition) is 2. The topological polar surface area (TPSA) is 38.3 Å². The van der Waals surface area contributed by atoms with E-state index in [2.05, 4.69) is 5.32 Å². The minimum atomic E-state index is -4.49. The summed E-state index contributed by atoms with van der Waals surface area (Å²) in [5, 5.41) is 4.25. The van der Waals surface area contributed by atoms with Crippen LogP contribution in [0.1, 0.15) is 5.56 Å². The average molecular weight is 380 g/mol. The number of hydrogen-bond donors (Lipinski definition) is 1. The highest BCUT2D eigenvalue weighted by Crippen LogP contribution is 2.33. The number of ether oxygens (including phenoxy) is 1. The first kappa shape index (κ1) is 18.1. The van der Waals surface area contributed by atoms with Gasteiger partial charge in [-0.25, -0.2) is 0 Å². The molecule has 0 saturated heterocycles. The zero-order valence-corrected chi connectivity index (χ0v) is 14.1. The summed E-state index contributed by atoms with van der Waals surface area (Å²) in [5.74, 6) is -0.0165. The number of rotatable bonds is 4. The van der Waals surface area contributed by atoms with Gasteiger partial charge in [0.1, 0.15) is 5.75 Å². The summed E-state index contributed by atoms with van der Waals surface area (Å²) in [6, 6.07) is 15.8. The molecule has 3 nitrogen and oxygen atoms in total. The molecular formula is C19H13ClF3NO2. The maximum atomic E-state index is 12.6. The van der Waals surface area contributed by atoms with E-state index in [0.29, 0.717) is 5.75 Å². The molecule has 0 bridgehead atoms. The third kappa shape index (κ3) is 4.26. The molecule has 0 spiro atoms. The van der Waals surface area contributed by atoms with E-state index in [1.54, 1.807) is 12.1 Å². The minimum absolute atomic E-state index is 0.0896. The van der Waals surface area contributed by atoms with Crippen molar-refractivity contribution in [3.05, 3.63) is 71.2 Å². The van der Waals surface area contributed by atoms with E-state index in [1.807, 2.05) is 30.3 Å². The second-order valence-corrected chi connectivity index (χ2v) is 5.95. The van der Waals surface area contributed by atoms with Crippen molar-refractivity contribution in [3.8, 4) is 5.75 Å². The van der Waals surface area contributed by atoms with Crippen LogP contribution in [0, 0.1) is 0 Å². The zero-order chi connectivity index (χ0) is 18.7. The normalized spacial score (nSPS) is 11.4. The zero-order valence-electron chi connectivity index (χ0n) is 13.3. The first-order valence-electron chi connectivity index (χ1n) is 7.61. The standard InChI is InChI=1S/C19H13ClF3NO2/c20-16-10-14(19(21,22)23)6-8-17(16)24-18(25)11-26-15-7-5-12-3-1-2-4-13(12)9-15/h1-10H,11H2,(H,24,25). The van der Waals surface area contributed by atoms with Crippen LogP contribution < -0.4 is 10.1 Å². The number of benzene rings is 3. The van der Waals surface area contributed by atoms with Crippen LogP contribution in [0.5, 0.6) is 5.75 Å². The van der Waals surface area contributed by atoms with Crippen LogP contribution in [0.15, 0.2) is 60.7 Å². The summed E-state index contributed by atoms with van der Waals surface area (Å²) < 4.78 is 43.3. The molecule has 7 heteroatoms. The molecule has 0 radical (unpaired) electrons. The van der Waals surface area contributed by atoms with Crippen LogP contribution in [-0.4, -0.2) is 12.5 Å². The molecule has 0 aromatic heterocycles. The molecule has 134 valence electrons. The van der Waals surface area contributed by atoms with Crippen molar-refractivity contribution >= 4 is 34.0 Å². The molecule has 3 aromatic rings. The number of fused-ring (bicyclic) bond motifs is 1. The Labute approximate surface area is 152 Å². The van der Waals surface area contributed by atoms with Crippen molar-refractivity contribution in [1.29, 1.82) is 0 Å². The van der Waals surface area contributed by atoms with Gasteiger partial charge >= 0.3 is 6.18 Å². The first-order valence-corrected chi connectivity index (χ1v) is 7.99. The van der Waals surface area contributed by atoms with Crippen molar-refractivity contribution in [2.75, 3.05) is 11.9 Å². The lowest BCUT2D eigenvalue weighted by molar-refractivity contribution is -0.137. The van der Waals surface area contributed by atoms with Crippen molar-refractivity contribution in [1.82, 2.24) is 0 Å². The first-order chi connectivity index (χ1) is 12.3. The molecule has 1 amide bonds. The van der Waals surface area contributed by atoms with Gasteiger partial charge in [0, 0.05) is 0 Å². The minimum Gasteiger partial charge on any atom is -0.484 e. The predicted molar refractivity (Wildman–Crippen MR) is 94.5 cm³/mol. The fraction of sp³-hybridized carbons (Fsp3) is 0.105. The van der Waals surface area contributed by atoms with E-state index in [4.69, 9.17) is 16.3 Å². The average Bonchev–Trinajstić information content (AvgIpc) is 2.60. The molecule has 0 aliphatic carbocycles. The molecule has 3 rings (SSSR count). The highest BCUT2D eigenvalue weighted by Gasteiger charge is 2.31. The van der Waals surface area contributed by atoms with Gasteiger partial charge < -0.3 is 10.1 Å². The number of halogens is 4. The van der Waals surface area contributed by atoms with Crippen molar-refractivity contribution in [2.45, 2.75) is 6.18 Å². The van der Waals surface area contributed by atoms with Gasteiger partial charge in [0.15, 0.2) is 6.61 Å². The maximum absolute atomic E-state index is 12.6. The van der Waals surface area contributed by atoms with Crippen LogP contribution in [0.4, 0.5) is 18.9 Å². The molecule has 1 N–H and O–H groups in total. The van der Waals surface area contributed by atoms with E-state index in [1.165, 1.54) is 0 Å². The van der Waals surface area contributed by atoms with E-state index < -0.39 is 17.6 Å². The Hall–Kier alpha value is -2.73. The molecule has 0 aliphatic heterocycles. The lowest BCUT2D eigenvalue weighted by Gasteiger charge is -2.12. The Morgan fingerprint density at radius 1 is 1.00 bits per heavy atom. The van der Waals surface area contributed by atoms with Gasteiger partial charge in [0.05, 0.1) is 16.3 Å². The Morgan fingerprint density at radius 2 is 1.73 bits per heavy atom. The lowest BCUT2D eigenvalue weighted by atomic mass is 10.1. The highest BCUT2D eigenvalue weighted by molar-refractivity contribution is 6.33. The molecule has 26 heavy (non-hydrogen) atoms. The monoisotopic (exact) mass is 379 g/mol. The molecular weight excluding hydrogens is 367 g/mol. The quantitative estimate of drug-likeness (QED) is 0.647. The Bertz CT molecular complexity index is 957. The van der Waals surface area contributed by atoms with Gasteiger partial charge in [-0.3, -0.25) is 4.79 Å². The smallest absolute Gasteiger partial charge is 0.416 e. The highest BCUT2D eigenvalue weighted by atomic mass is 35.5. The van der Waals surface area contributed by atoms with Crippen molar-refractivity contribution in [2.24, 2.45) is 0 Å². The second-order valence-electron chi connectivity index (χ2n) is 5.54.